The van der Waals surface area contributed by atoms with Gasteiger partial charge in [-0.3, -0.25) is 4.90 Å². The molecule has 0 radical (unpaired) electrons. The van der Waals surface area contributed by atoms with Crippen LogP contribution in [-0.4, -0.2) is 51.1 Å². The fraction of sp³-hybridized carbons (Fsp3) is 0.409. The van der Waals surface area contributed by atoms with E-state index < -0.39 is 0 Å². The summed E-state index contributed by atoms with van der Waals surface area (Å²) in [6, 6.07) is 8.78. The second-order valence-corrected chi connectivity index (χ2v) is 7.39. The van der Waals surface area contributed by atoms with Crippen molar-refractivity contribution in [1.29, 1.82) is 0 Å². The molecule has 1 saturated heterocycles. The first-order valence-corrected chi connectivity index (χ1v) is 10.4. The summed E-state index contributed by atoms with van der Waals surface area (Å²) >= 11 is 0. The molecule has 0 unspecified atom stereocenters. The van der Waals surface area contributed by atoms with Crippen LogP contribution in [0.3, 0.4) is 0 Å². The fourth-order valence-electron chi connectivity index (χ4n) is 4.02. The van der Waals surface area contributed by atoms with Crippen molar-refractivity contribution in [2.75, 3.05) is 32.0 Å². The Kier molecular flexibility index (Phi) is 5.96. The Labute approximate surface area is 175 Å². The summed E-state index contributed by atoms with van der Waals surface area (Å²) in [5.41, 5.74) is 10.0. The molecular formula is C22H28N6O2. The number of aromatic nitrogens is 4. The van der Waals surface area contributed by atoms with Crippen molar-refractivity contribution >= 4 is 18.0 Å². The van der Waals surface area contributed by atoms with Gasteiger partial charge in [-0.1, -0.05) is 37.8 Å². The molecule has 1 fully saturated rings. The Morgan fingerprint density at radius 1 is 1.13 bits per heavy atom. The molecule has 2 N–H and O–H groups in total. The van der Waals surface area contributed by atoms with Crippen LogP contribution in [0.15, 0.2) is 28.9 Å². The molecule has 0 bridgehead atoms. The Bertz CT molecular complexity index is 1110. The topological polar surface area (TPSA) is 95.2 Å². The minimum absolute atomic E-state index is 0.228. The van der Waals surface area contributed by atoms with Crippen molar-refractivity contribution in [1.82, 2.24) is 24.8 Å². The molecule has 0 amide bonds. The normalized spacial score (nSPS) is 16.1. The number of nitrogens with two attached hydrogens (primary N) is 1. The van der Waals surface area contributed by atoms with E-state index in [4.69, 9.17) is 15.1 Å². The van der Waals surface area contributed by atoms with Crippen LogP contribution >= 0.6 is 0 Å². The molecule has 0 spiro atoms. The van der Waals surface area contributed by atoms with Crippen molar-refractivity contribution < 1.29 is 9.37 Å². The lowest BCUT2D eigenvalue weighted by Crippen LogP contribution is -2.35. The van der Waals surface area contributed by atoms with Crippen LogP contribution in [-0.2, 0) is 17.8 Å². The van der Waals surface area contributed by atoms with E-state index in [1.807, 2.05) is 0 Å². The number of nitrogens with zero attached hydrogens (tertiary/aromatic N) is 5. The third-order valence-electron chi connectivity index (χ3n) is 5.53. The predicted octanol–water partition coefficient (Wildman–Crippen LogP) is 1.39. The van der Waals surface area contributed by atoms with Gasteiger partial charge in [-0.05, 0) is 40.4 Å². The molecule has 0 aliphatic carbocycles. The van der Waals surface area contributed by atoms with Gasteiger partial charge in [-0.15, -0.1) is 0 Å². The molecule has 8 nitrogen and oxygen atoms in total. The highest BCUT2D eigenvalue weighted by Gasteiger charge is 2.18. The van der Waals surface area contributed by atoms with Crippen LogP contribution < -0.4 is 16.4 Å². The SMILES string of the molecule is C=c1nc(-c2nonc2N)n(CC)/c1=C(/CC)c1ccc(CN2CCOCC2)cc1. The number of hydrogen-bond donors (Lipinski definition) is 1. The van der Waals surface area contributed by atoms with Crippen molar-refractivity contribution in [3.8, 4) is 11.5 Å². The largest absolute Gasteiger partial charge is 0.379 e. The molecule has 0 atom stereocenters. The van der Waals surface area contributed by atoms with Gasteiger partial charge in [0, 0.05) is 26.2 Å². The molecule has 3 aromatic rings. The number of ether oxygens (including phenoxy) is 1. The van der Waals surface area contributed by atoms with Crippen molar-refractivity contribution in [2.45, 2.75) is 33.4 Å². The van der Waals surface area contributed by atoms with Gasteiger partial charge in [-0.25, -0.2) is 9.61 Å². The van der Waals surface area contributed by atoms with E-state index in [0.717, 1.165) is 44.6 Å². The van der Waals surface area contributed by atoms with Crippen LogP contribution in [0.4, 0.5) is 5.82 Å². The maximum Gasteiger partial charge on any atom is 0.199 e. The first-order chi connectivity index (χ1) is 14.6. The van der Waals surface area contributed by atoms with E-state index in [0.29, 0.717) is 23.4 Å². The monoisotopic (exact) mass is 408 g/mol. The first-order valence-electron chi connectivity index (χ1n) is 10.4. The zero-order valence-electron chi connectivity index (χ0n) is 17.6. The van der Waals surface area contributed by atoms with Gasteiger partial charge in [0.25, 0.3) is 0 Å². The Morgan fingerprint density at radius 3 is 2.47 bits per heavy atom. The van der Waals surface area contributed by atoms with Gasteiger partial charge in [0.05, 0.1) is 23.9 Å². The summed E-state index contributed by atoms with van der Waals surface area (Å²) in [5.74, 6) is 0.859. The second-order valence-electron chi connectivity index (χ2n) is 7.39. The lowest BCUT2D eigenvalue weighted by molar-refractivity contribution is 0.0342. The van der Waals surface area contributed by atoms with E-state index >= 15 is 0 Å². The van der Waals surface area contributed by atoms with Crippen LogP contribution in [0.1, 0.15) is 31.4 Å². The standard InChI is InChI=1S/C22H28N6O2/c1-4-18(17-8-6-16(7-9-17)14-27-10-12-29-13-11-27)20-15(3)24-22(28(20)5-2)19-21(23)26-30-25-19/h6-9H,3-5,10-14H2,1-2H3,(H2,23,26)/b20-18-. The Morgan fingerprint density at radius 2 is 1.87 bits per heavy atom. The van der Waals surface area contributed by atoms with Crippen LogP contribution in [0, 0.1) is 0 Å². The molecule has 2 aromatic heterocycles. The number of rotatable bonds is 6. The number of hydrogen-bond acceptors (Lipinski definition) is 7. The van der Waals surface area contributed by atoms with Gasteiger partial charge in [-0.2, -0.15) is 0 Å². The average molecular weight is 409 g/mol. The van der Waals surface area contributed by atoms with Crippen molar-refractivity contribution in [3.05, 3.63) is 46.1 Å². The molecule has 158 valence electrons. The van der Waals surface area contributed by atoms with Crippen molar-refractivity contribution in [2.24, 2.45) is 0 Å². The highest BCUT2D eigenvalue weighted by molar-refractivity contribution is 5.67. The maximum atomic E-state index is 5.91. The number of anilines is 1. The number of nitrogen functional groups attached to an aromatic ring is 1. The van der Waals surface area contributed by atoms with Crippen LogP contribution in [0.25, 0.3) is 23.7 Å². The van der Waals surface area contributed by atoms with Crippen LogP contribution in [0.2, 0.25) is 0 Å². The average Bonchev–Trinajstić information content (AvgIpc) is 3.33. The van der Waals surface area contributed by atoms with E-state index in [1.165, 1.54) is 16.7 Å². The van der Waals surface area contributed by atoms with Gasteiger partial charge in [0.15, 0.2) is 17.3 Å². The van der Waals surface area contributed by atoms with E-state index in [-0.39, 0.29) is 5.82 Å². The maximum absolute atomic E-state index is 5.91. The highest BCUT2D eigenvalue weighted by atomic mass is 16.6. The zero-order valence-corrected chi connectivity index (χ0v) is 17.6. The molecule has 30 heavy (non-hydrogen) atoms. The van der Waals surface area contributed by atoms with Gasteiger partial charge < -0.3 is 15.0 Å². The summed E-state index contributed by atoms with van der Waals surface area (Å²) in [4.78, 5) is 7.07. The van der Waals surface area contributed by atoms with Crippen LogP contribution in [0.5, 0.6) is 0 Å². The molecule has 1 aromatic carbocycles. The smallest absolute Gasteiger partial charge is 0.199 e. The van der Waals surface area contributed by atoms with Gasteiger partial charge in [0.1, 0.15) is 0 Å². The minimum atomic E-state index is 0.228. The van der Waals surface area contributed by atoms with Crippen molar-refractivity contribution in [3.63, 3.8) is 0 Å². The molecule has 1 aliphatic rings. The number of imidazole rings is 1. The fourth-order valence-corrected chi connectivity index (χ4v) is 4.02. The minimum Gasteiger partial charge on any atom is -0.379 e. The van der Waals surface area contributed by atoms with E-state index in [9.17, 15) is 0 Å². The predicted molar refractivity (Wildman–Crippen MR) is 116 cm³/mol. The zero-order chi connectivity index (χ0) is 21.1. The second kappa shape index (κ2) is 8.81. The molecular weight excluding hydrogens is 380 g/mol. The lowest BCUT2D eigenvalue weighted by atomic mass is 10.0. The first kappa shape index (κ1) is 20.3. The quantitative estimate of drug-likeness (QED) is 0.658. The Hall–Kier alpha value is -2.97. The summed E-state index contributed by atoms with van der Waals surface area (Å²) < 4.78 is 12.3. The Balaban J connectivity index is 1.73. The lowest BCUT2D eigenvalue weighted by Gasteiger charge is -2.26. The van der Waals surface area contributed by atoms with E-state index in [1.54, 1.807) is 0 Å². The third-order valence-corrected chi connectivity index (χ3v) is 5.53. The summed E-state index contributed by atoms with van der Waals surface area (Å²) in [6.07, 6.45) is 0.850. The summed E-state index contributed by atoms with van der Waals surface area (Å²) in [7, 11) is 0. The molecule has 1 aliphatic heterocycles. The van der Waals surface area contributed by atoms with E-state index in [2.05, 4.69) is 69.5 Å². The molecule has 3 heterocycles. The van der Waals surface area contributed by atoms with Gasteiger partial charge >= 0.3 is 0 Å². The van der Waals surface area contributed by atoms with Gasteiger partial charge in [0.2, 0.25) is 0 Å². The summed E-state index contributed by atoms with van der Waals surface area (Å²) in [5, 5.41) is 9.31. The molecule has 0 saturated carbocycles. The molecule has 4 rings (SSSR count). The number of morpholine rings is 1. The highest BCUT2D eigenvalue weighted by Crippen LogP contribution is 2.20. The number of benzene rings is 1. The summed E-state index contributed by atoms with van der Waals surface area (Å²) in [6.45, 7) is 13.6. The third kappa shape index (κ3) is 3.88. The molecule has 8 heteroatoms.